The normalized spacial score (nSPS) is 23.2. The first kappa shape index (κ1) is 13.5. The molecule has 0 bridgehead atoms. The molecule has 21 heavy (non-hydrogen) atoms. The molecule has 3 rings (SSSR count). The minimum absolute atomic E-state index is 0.0430. The van der Waals surface area contributed by atoms with E-state index >= 15 is 0 Å². The number of benzene rings is 1. The number of carbonyl (C=O) groups is 2. The Kier molecular flexibility index (Phi) is 3.12. The van der Waals surface area contributed by atoms with Crippen molar-refractivity contribution in [3.05, 3.63) is 33.9 Å². The van der Waals surface area contributed by atoms with Gasteiger partial charge in [0.25, 0.3) is 5.69 Å². The molecule has 1 aromatic rings. The Balaban J connectivity index is 1.83. The summed E-state index contributed by atoms with van der Waals surface area (Å²) in [4.78, 5) is 35.7. The molecule has 2 atom stereocenters. The van der Waals surface area contributed by atoms with Crippen LogP contribution in [0.1, 0.15) is 18.9 Å². The van der Waals surface area contributed by atoms with Crippen molar-refractivity contribution < 1.29 is 14.5 Å². The van der Waals surface area contributed by atoms with Gasteiger partial charge in [0, 0.05) is 12.6 Å². The smallest absolute Gasteiger partial charge is 0.292 e. The third-order valence-corrected chi connectivity index (χ3v) is 3.92. The molecule has 0 radical (unpaired) electrons. The fraction of sp³-hybridized carbons (Fsp3) is 0.429. The van der Waals surface area contributed by atoms with E-state index in [-0.39, 0.29) is 35.9 Å². The second kappa shape index (κ2) is 4.83. The number of amides is 2. The van der Waals surface area contributed by atoms with Crippen LogP contribution in [0.2, 0.25) is 0 Å². The molecule has 0 spiro atoms. The van der Waals surface area contributed by atoms with Gasteiger partial charge in [0.2, 0.25) is 11.8 Å². The zero-order valence-electron chi connectivity index (χ0n) is 11.5. The number of piperidine rings is 1. The molecule has 2 amide bonds. The van der Waals surface area contributed by atoms with Gasteiger partial charge in [-0.05, 0) is 25.0 Å². The first-order valence-corrected chi connectivity index (χ1v) is 6.89. The topological polar surface area (TPSA) is 92.6 Å². The number of imide groups is 1. The number of anilines is 1. The SMILES string of the molecule is CCNc1ccc(CN2C(=O)C3CC3C2=O)cc1[N+](=O)[O-]. The highest BCUT2D eigenvalue weighted by Crippen LogP contribution is 2.47. The molecule has 7 heteroatoms. The van der Waals surface area contributed by atoms with E-state index in [4.69, 9.17) is 0 Å². The molecule has 2 fully saturated rings. The van der Waals surface area contributed by atoms with Gasteiger partial charge in [-0.2, -0.15) is 0 Å². The Labute approximate surface area is 121 Å². The Morgan fingerprint density at radius 1 is 1.33 bits per heavy atom. The van der Waals surface area contributed by atoms with E-state index in [9.17, 15) is 19.7 Å². The highest BCUT2D eigenvalue weighted by atomic mass is 16.6. The molecular weight excluding hydrogens is 274 g/mol. The monoisotopic (exact) mass is 289 g/mol. The Hall–Kier alpha value is -2.44. The molecule has 1 N–H and O–H groups in total. The Bertz CT molecular complexity index is 623. The van der Waals surface area contributed by atoms with Crippen LogP contribution >= 0.6 is 0 Å². The summed E-state index contributed by atoms with van der Waals surface area (Å²) >= 11 is 0. The van der Waals surface area contributed by atoms with Crippen LogP contribution in [0.15, 0.2) is 18.2 Å². The predicted octanol–water partition coefficient (Wildman–Crippen LogP) is 1.53. The number of nitro groups is 1. The van der Waals surface area contributed by atoms with Crippen LogP contribution in [-0.4, -0.2) is 28.2 Å². The largest absolute Gasteiger partial charge is 0.380 e. The van der Waals surface area contributed by atoms with Gasteiger partial charge in [-0.25, -0.2) is 0 Å². The predicted molar refractivity (Wildman–Crippen MR) is 74.4 cm³/mol. The number of nitrogens with zero attached hydrogens (tertiary/aromatic N) is 2. The van der Waals surface area contributed by atoms with Gasteiger partial charge >= 0.3 is 0 Å². The van der Waals surface area contributed by atoms with Crippen LogP contribution in [0.3, 0.4) is 0 Å². The summed E-state index contributed by atoms with van der Waals surface area (Å²) in [7, 11) is 0. The van der Waals surface area contributed by atoms with E-state index in [1.165, 1.54) is 11.0 Å². The van der Waals surface area contributed by atoms with E-state index in [0.29, 0.717) is 24.2 Å². The van der Waals surface area contributed by atoms with Crippen molar-refractivity contribution in [2.45, 2.75) is 19.9 Å². The lowest BCUT2D eigenvalue weighted by molar-refractivity contribution is -0.384. The first-order valence-electron chi connectivity index (χ1n) is 6.89. The van der Waals surface area contributed by atoms with Gasteiger partial charge in [-0.1, -0.05) is 6.07 Å². The summed E-state index contributed by atoms with van der Waals surface area (Å²) in [6.07, 6.45) is 0.660. The number of hydrogen-bond acceptors (Lipinski definition) is 5. The number of hydrogen-bond donors (Lipinski definition) is 1. The van der Waals surface area contributed by atoms with Crippen LogP contribution in [0.5, 0.6) is 0 Å². The summed E-state index contributed by atoms with van der Waals surface area (Å²) in [5, 5.41) is 14.0. The van der Waals surface area contributed by atoms with Gasteiger partial charge in [0.1, 0.15) is 5.69 Å². The van der Waals surface area contributed by atoms with Crippen LogP contribution < -0.4 is 5.32 Å². The first-order chi connectivity index (χ1) is 10.0. The molecular formula is C14H15N3O4. The number of fused-ring (bicyclic) bond motifs is 1. The summed E-state index contributed by atoms with van der Waals surface area (Å²) in [6.45, 7) is 2.54. The maximum Gasteiger partial charge on any atom is 0.292 e. The molecule has 2 unspecified atom stereocenters. The fourth-order valence-corrected chi connectivity index (χ4v) is 2.75. The van der Waals surface area contributed by atoms with Gasteiger partial charge in [-0.15, -0.1) is 0 Å². The lowest BCUT2D eigenvalue weighted by Crippen LogP contribution is -2.32. The zero-order chi connectivity index (χ0) is 15.1. The van der Waals surface area contributed by atoms with Crippen molar-refractivity contribution in [1.29, 1.82) is 0 Å². The summed E-state index contributed by atoms with van der Waals surface area (Å²) in [5.74, 6) is -0.589. The number of nitro benzene ring substituents is 1. The summed E-state index contributed by atoms with van der Waals surface area (Å²) < 4.78 is 0. The minimum atomic E-state index is -0.466. The van der Waals surface area contributed by atoms with E-state index in [0.717, 1.165) is 0 Å². The number of nitrogens with one attached hydrogen (secondary N) is 1. The quantitative estimate of drug-likeness (QED) is 0.504. The maximum absolute atomic E-state index is 11.9. The average Bonchev–Trinajstić information content (AvgIpc) is 3.20. The van der Waals surface area contributed by atoms with Crippen molar-refractivity contribution >= 4 is 23.2 Å². The molecule has 7 nitrogen and oxygen atoms in total. The third kappa shape index (κ3) is 2.24. The minimum Gasteiger partial charge on any atom is -0.380 e. The van der Waals surface area contributed by atoms with Gasteiger partial charge < -0.3 is 5.32 Å². The number of carbonyl (C=O) groups excluding carboxylic acids is 2. The van der Waals surface area contributed by atoms with Crippen LogP contribution in [-0.2, 0) is 16.1 Å². The molecule has 1 saturated carbocycles. The van der Waals surface area contributed by atoms with Crippen LogP contribution in [0.4, 0.5) is 11.4 Å². The molecule has 2 aliphatic rings. The Morgan fingerprint density at radius 3 is 2.57 bits per heavy atom. The molecule has 1 heterocycles. The van der Waals surface area contributed by atoms with Gasteiger partial charge in [0.15, 0.2) is 0 Å². The standard InChI is InChI=1S/C14H15N3O4/c1-2-15-11-4-3-8(5-12(11)17(20)21)7-16-13(18)9-6-10(9)14(16)19/h3-5,9-10,15H,2,6-7H2,1H3. The van der Waals surface area contributed by atoms with Crippen molar-refractivity contribution in [2.24, 2.45) is 11.8 Å². The lowest BCUT2D eigenvalue weighted by atomic mass is 10.1. The highest BCUT2D eigenvalue weighted by Gasteiger charge is 2.58. The van der Waals surface area contributed by atoms with Crippen molar-refractivity contribution in [1.82, 2.24) is 4.90 Å². The van der Waals surface area contributed by atoms with E-state index in [1.54, 1.807) is 12.1 Å². The lowest BCUT2D eigenvalue weighted by Gasteiger charge is -2.16. The third-order valence-electron chi connectivity index (χ3n) is 3.92. The molecule has 110 valence electrons. The van der Waals surface area contributed by atoms with Gasteiger partial charge in [-0.3, -0.25) is 24.6 Å². The fourth-order valence-electron chi connectivity index (χ4n) is 2.75. The Morgan fingerprint density at radius 2 is 2.00 bits per heavy atom. The molecule has 1 saturated heterocycles. The van der Waals surface area contributed by atoms with E-state index in [2.05, 4.69) is 5.32 Å². The molecule has 1 aromatic carbocycles. The van der Waals surface area contributed by atoms with Crippen molar-refractivity contribution in [3.63, 3.8) is 0 Å². The molecule has 1 aliphatic carbocycles. The van der Waals surface area contributed by atoms with Crippen molar-refractivity contribution in [2.75, 3.05) is 11.9 Å². The summed E-state index contributed by atoms with van der Waals surface area (Å²) in [6, 6.07) is 4.74. The average molecular weight is 289 g/mol. The number of rotatable bonds is 5. The maximum atomic E-state index is 11.9. The summed E-state index contributed by atoms with van der Waals surface area (Å²) in [5.41, 5.74) is 0.984. The van der Waals surface area contributed by atoms with Gasteiger partial charge in [0.05, 0.1) is 23.3 Å². The molecule has 0 aromatic heterocycles. The van der Waals surface area contributed by atoms with Crippen LogP contribution in [0.25, 0.3) is 0 Å². The highest BCUT2D eigenvalue weighted by molar-refractivity contribution is 6.08. The van der Waals surface area contributed by atoms with Crippen molar-refractivity contribution in [3.8, 4) is 0 Å². The molecule has 1 aliphatic heterocycles. The zero-order valence-corrected chi connectivity index (χ0v) is 11.5. The van der Waals surface area contributed by atoms with E-state index in [1.807, 2.05) is 6.92 Å². The second-order valence-corrected chi connectivity index (χ2v) is 5.35. The van der Waals surface area contributed by atoms with Crippen LogP contribution in [0, 0.1) is 22.0 Å². The number of likely N-dealkylation sites (tertiary alicyclic amines) is 1. The second-order valence-electron chi connectivity index (χ2n) is 5.35. The van der Waals surface area contributed by atoms with E-state index < -0.39 is 4.92 Å².